The molecule has 0 aliphatic heterocycles. The summed E-state index contributed by atoms with van der Waals surface area (Å²) < 4.78 is 0. The molecule has 0 bridgehead atoms. The minimum atomic E-state index is -1.22. The molecular formula is C72H76B2Fe. The molecule has 75 heavy (non-hydrogen) atoms. The molecule has 0 amide bonds. The number of hydrogen-bond acceptors (Lipinski definition) is 0. The summed E-state index contributed by atoms with van der Waals surface area (Å²) in [6.07, 6.45) is -2.43. The molecule has 0 nitrogen and oxygen atoms in total. The van der Waals surface area contributed by atoms with Crippen LogP contribution in [0.3, 0.4) is 0 Å². The van der Waals surface area contributed by atoms with Gasteiger partial charge in [0.2, 0.25) is 0 Å². The van der Waals surface area contributed by atoms with E-state index in [1.54, 1.807) is 0 Å². The van der Waals surface area contributed by atoms with Crippen LogP contribution in [0, 0.1) is 83.1 Å². The maximum Gasteiger partial charge on any atom is 2.00 e. The molecule has 0 saturated heterocycles. The fraction of sp³-hybridized carbons (Fsp3) is 0.167. The molecule has 10 aromatic carbocycles. The monoisotopic (exact) mass is 1020 g/mol. The van der Waals surface area contributed by atoms with Gasteiger partial charge in [-0.2, -0.15) is 43.7 Å². The first-order chi connectivity index (χ1) is 35.8. The van der Waals surface area contributed by atoms with Crippen molar-refractivity contribution in [3.8, 4) is 0 Å². The zero-order valence-electron chi connectivity index (χ0n) is 46.6. The molecule has 0 unspecified atom stereocenters. The zero-order valence-corrected chi connectivity index (χ0v) is 47.7. The van der Waals surface area contributed by atoms with E-state index in [1.165, 1.54) is 110 Å². The standard InChI is InChI=1S/2C24H20B.2C12H18.Fe/c2*1-5-13-21(14-6-1)25(22-15-7-2-8-16-22,23-17-9-3-10-18-23)24-19-11-4-12-20-24;2*1-7-8(2)10(4)12(6)11(5)9(7)3;/h2*1-20H;2*1-6H3;/q2*-1;;;+2. The molecule has 0 aromatic heterocycles. The van der Waals surface area contributed by atoms with Gasteiger partial charge in [-0.25, -0.2) is 0 Å². The van der Waals surface area contributed by atoms with Crippen LogP contribution in [-0.4, -0.2) is 12.3 Å². The fourth-order valence-corrected chi connectivity index (χ4v) is 11.6. The van der Waals surface area contributed by atoms with Crippen LogP contribution in [0.5, 0.6) is 0 Å². The predicted octanol–water partition coefficient (Wildman–Crippen LogP) is 13.2. The molecular weight excluding hydrogens is 942 g/mol. The van der Waals surface area contributed by atoms with Gasteiger partial charge < -0.3 is 0 Å². The quantitative estimate of drug-likeness (QED) is 0.133. The Kier molecular flexibility index (Phi) is 20.1. The summed E-state index contributed by atoms with van der Waals surface area (Å²) in [5, 5.41) is 0. The van der Waals surface area contributed by atoms with Crippen molar-refractivity contribution in [1.82, 2.24) is 0 Å². The van der Waals surface area contributed by atoms with Crippen molar-refractivity contribution in [2.75, 3.05) is 0 Å². The van der Waals surface area contributed by atoms with E-state index in [1.807, 2.05) is 0 Å². The van der Waals surface area contributed by atoms with Gasteiger partial charge in [0.05, 0.1) is 0 Å². The van der Waals surface area contributed by atoms with Crippen molar-refractivity contribution in [2.45, 2.75) is 83.1 Å². The van der Waals surface area contributed by atoms with E-state index in [9.17, 15) is 0 Å². The average Bonchev–Trinajstić information content (AvgIpc) is 3.47. The Morgan fingerprint density at radius 2 is 0.227 bits per heavy atom. The summed E-state index contributed by atoms with van der Waals surface area (Å²) in [7, 11) is 0. The summed E-state index contributed by atoms with van der Waals surface area (Å²) in [6.45, 7) is 26.5. The smallest absolute Gasteiger partial charge is 0.195 e. The van der Waals surface area contributed by atoms with Gasteiger partial charge in [-0.15, -0.1) is 0 Å². The van der Waals surface area contributed by atoms with Crippen LogP contribution in [0.15, 0.2) is 243 Å². The third-order valence-electron chi connectivity index (χ3n) is 17.1. The maximum absolute atomic E-state index is 2.26. The summed E-state index contributed by atoms with van der Waals surface area (Å²) in [4.78, 5) is 0. The fourth-order valence-electron chi connectivity index (χ4n) is 11.6. The third kappa shape index (κ3) is 12.0. The predicted molar refractivity (Wildman–Crippen MR) is 330 cm³/mol. The third-order valence-corrected chi connectivity index (χ3v) is 17.1. The molecule has 10 rings (SSSR count). The van der Waals surface area contributed by atoms with Crippen molar-refractivity contribution in [2.24, 2.45) is 0 Å². The molecule has 0 fully saturated rings. The van der Waals surface area contributed by atoms with E-state index < -0.39 is 12.3 Å². The van der Waals surface area contributed by atoms with Crippen LogP contribution in [0.1, 0.15) is 66.8 Å². The van der Waals surface area contributed by atoms with Crippen molar-refractivity contribution < 1.29 is 17.1 Å². The molecule has 10 aromatic rings. The van der Waals surface area contributed by atoms with Crippen molar-refractivity contribution in [3.05, 3.63) is 309 Å². The van der Waals surface area contributed by atoms with Gasteiger partial charge in [-0.3, -0.25) is 0 Å². The van der Waals surface area contributed by atoms with E-state index in [-0.39, 0.29) is 17.1 Å². The van der Waals surface area contributed by atoms with Gasteiger partial charge in [-0.1, -0.05) is 243 Å². The van der Waals surface area contributed by atoms with Gasteiger partial charge in [-0.05, 0) is 150 Å². The molecule has 378 valence electrons. The van der Waals surface area contributed by atoms with Crippen molar-refractivity contribution >= 4 is 56.0 Å². The largest absolute Gasteiger partial charge is 2.00 e. The first-order valence-corrected chi connectivity index (χ1v) is 26.6. The second-order valence-electron chi connectivity index (χ2n) is 20.5. The zero-order chi connectivity index (χ0) is 52.8. The molecule has 3 heteroatoms. The summed E-state index contributed by atoms with van der Waals surface area (Å²) in [5.41, 5.74) is 28.2. The van der Waals surface area contributed by atoms with Gasteiger partial charge in [0.15, 0.2) is 0 Å². The molecule has 0 spiro atoms. The number of hydrogen-bond donors (Lipinski definition) is 0. The van der Waals surface area contributed by atoms with Crippen LogP contribution in [0.25, 0.3) is 0 Å². The molecule has 0 radical (unpaired) electrons. The summed E-state index contributed by atoms with van der Waals surface area (Å²) in [5.74, 6) is 0. The summed E-state index contributed by atoms with van der Waals surface area (Å²) in [6, 6.07) is 87.1. The van der Waals surface area contributed by atoms with Crippen molar-refractivity contribution in [3.63, 3.8) is 0 Å². The minimum Gasteiger partial charge on any atom is -0.195 e. The Hall–Kier alpha value is -7.15. The topological polar surface area (TPSA) is 0 Å². The van der Waals surface area contributed by atoms with Crippen LogP contribution < -0.4 is 43.7 Å². The molecule has 0 saturated carbocycles. The minimum absolute atomic E-state index is 0. The van der Waals surface area contributed by atoms with Crippen LogP contribution >= 0.6 is 0 Å². The first-order valence-electron chi connectivity index (χ1n) is 26.6. The van der Waals surface area contributed by atoms with E-state index in [0.717, 1.165) is 0 Å². The Labute approximate surface area is 462 Å². The van der Waals surface area contributed by atoms with Crippen molar-refractivity contribution in [1.29, 1.82) is 0 Å². The van der Waals surface area contributed by atoms with Gasteiger partial charge >= 0.3 is 17.1 Å². The van der Waals surface area contributed by atoms with Gasteiger partial charge in [0, 0.05) is 0 Å². The average molecular weight is 1020 g/mol. The molecule has 0 aliphatic carbocycles. The second-order valence-corrected chi connectivity index (χ2v) is 20.5. The van der Waals surface area contributed by atoms with E-state index in [4.69, 9.17) is 0 Å². The van der Waals surface area contributed by atoms with Gasteiger partial charge in [0.1, 0.15) is 12.3 Å². The van der Waals surface area contributed by atoms with E-state index in [0.29, 0.717) is 0 Å². The molecule has 0 aliphatic rings. The number of benzene rings is 10. The molecule has 0 atom stereocenters. The Morgan fingerprint density at radius 3 is 0.307 bits per heavy atom. The normalized spacial score (nSPS) is 10.8. The molecule has 0 N–H and O–H groups in total. The Morgan fingerprint density at radius 1 is 0.147 bits per heavy atom. The Balaban J connectivity index is 0.000000172. The summed E-state index contributed by atoms with van der Waals surface area (Å²) >= 11 is 0. The number of rotatable bonds is 8. The first kappa shape index (κ1) is 57.1. The van der Waals surface area contributed by atoms with Crippen LogP contribution in [0.4, 0.5) is 0 Å². The van der Waals surface area contributed by atoms with E-state index >= 15 is 0 Å². The van der Waals surface area contributed by atoms with Gasteiger partial charge in [0.25, 0.3) is 0 Å². The Bertz CT molecular complexity index is 2570. The van der Waals surface area contributed by atoms with Crippen LogP contribution in [0.2, 0.25) is 0 Å². The second kappa shape index (κ2) is 26.4. The molecule has 0 heterocycles. The van der Waals surface area contributed by atoms with Crippen LogP contribution in [-0.2, 0) is 17.1 Å². The maximum atomic E-state index is 2.26. The SMILES string of the molecule is Cc1c(C)c(C)c(C)c(C)c1C.Cc1c(C)c(C)c(C)c(C)c1C.[Fe+2].c1ccc([B-](c2ccccc2)(c2ccccc2)c2ccccc2)cc1.c1ccc([B-](c2ccccc2)(c2ccccc2)c2ccccc2)cc1. The van der Waals surface area contributed by atoms with E-state index in [2.05, 4.69) is 326 Å².